The van der Waals surface area contributed by atoms with Gasteiger partial charge in [0.2, 0.25) is 5.95 Å². The highest BCUT2D eigenvalue weighted by atomic mass is 32.1. The molecule has 0 unspecified atom stereocenters. The van der Waals surface area contributed by atoms with Gasteiger partial charge in [0, 0.05) is 17.4 Å². The number of hydrogen-bond donors (Lipinski definition) is 3. The second-order valence-corrected chi connectivity index (χ2v) is 7.61. The maximum atomic E-state index is 12.8. The minimum atomic E-state index is -0.355. The van der Waals surface area contributed by atoms with E-state index in [1.165, 1.54) is 11.1 Å². The fraction of sp³-hybridized carbons (Fsp3) is 0.227. The van der Waals surface area contributed by atoms with Gasteiger partial charge in [0.15, 0.2) is 0 Å². The second-order valence-electron chi connectivity index (χ2n) is 7.21. The Kier molecular flexibility index (Phi) is 5.07. The van der Waals surface area contributed by atoms with Crippen molar-refractivity contribution in [3.05, 3.63) is 75.6 Å². The predicted molar refractivity (Wildman–Crippen MR) is 122 cm³/mol. The van der Waals surface area contributed by atoms with Gasteiger partial charge < -0.3 is 16.0 Å². The fourth-order valence-corrected chi connectivity index (χ4v) is 4.03. The van der Waals surface area contributed by atoms with Crippen LogP contribution in [0.2, 0.25) is 0 Å². The Morgan fingerprint density at radius 3 is 2.69 bits per heavy atom. The zero-order chi connectivity index (χ0) is 20.5. The van der Waals surface area contributed by atoms with E-state index in [1.54, 1.807) is 0 Å². The van der Waals surface area contributed by atoms with E-state index in [9.17, 15) is 4.79 Å². The molecule has 0 saturated carbocycles. The van der Waals surface area contributed by atoms with E-state index in [2.05, 4.69) is 35.2 Å². The van der Waals surface area contributed by atoms with Crippen LogP contribution in [0.25, 0.3) is 0 Å². The van der Waals surface area contributed by atoms with Gasteiger partial charge in [-0.1, -0.05) is 49.5 Å². The van der Waals surface area contributed by atoms with Crippen molar-refractivity contribution in [1.29, 1.82) is 0 Å². The van der Waals surface area contributed by atoms with E-state index in [-0.39, 0.29) is 28.0 Å². The van der Waals surface area contributed by atoms with Crippen molar-refractivity contribution in [2.45, 2.75) is 32.7 Å². The molecule has 6 nitrogen and oxygen atoms in total. The summed E-state index contributed by atoms with van der Waals surface area (Å²) in [5.41, 5.74) is 10.3. The number of hydrogen-bond acceptors (Lipinski definition) is 5. The molecule has 2 heterocycles. The molecular weight excluding hydrogens is 382 g/mol. The van der Waals surface area contributed by atoms with E-state index in [4.69, 9.17) is 18.0 Å². The molecule has 0 aliphatic carbocycles. The number of thiocarbonyl (C=S) groups is 1. The van der Waals surface area contributed by atoms with Crippen LogP contribution < -0.4 is 21.5 Å². The van der Waals surface area contributed by atoms with Crippen molar-refractivity contribution < 1.29 is 0 Å². The molecule has 1 aliphatic rings. The Balaban J connectivity index is 1.64. The molecule has 0 bridgehead atoms. The van der Waals surface area contributed by atoms with Crippen molar-refractivity contribution in [2.24, 2.45) is 0 Å². The molecule has 4 rings (SSSR count). The van der Waals surface area contributed by atoms with E-state index >= 15 is 0 Å². The average molecular weight is 406 g/mol. The molecule has 0 saturated heterocycles. The number of fused-ring (bicyclic) bond motifs is 1. The van der Waals surface area contributed by atoms with Gasteiger partial charge >= 0.3 is 0 Å². The molecule has 0 fully saturated rings. The number of nitrogens with one attached hydrogen (secondary N) is 2. The Hall–Kier alpha value is -3.19. The van der Waals surface area contributed by atoms with Gasteiger partial charge in [-0.3, -0.25) is 9.78 Å². The van der Waals surface area contributed by atoms with Gasteiger partial charge in [0.1, 0.15) is 16.4 Å². The van der Waals surface area contributed by atoms with Crippen LogP contribution in [0.1, 0.15) is 30.5 Å². The fourth-order valence-electron chi connectivity index (χ4n) is 3.72. The molecule has 0 radical (unpaired) electrons. The molecule has 3 aromatic rings. The maximum absolute atomic E-state index is 12.8. The normalized spacial score (nSPS) is 15.2. The number of nitrogen functional groups attached to an aromatic ring is 1. The summed E-state index contributed by atoms with van der Waals surface area (Å²) in [7, 11) is 0. The third-order valence-electron chi connectivity index (χ3n) is 5.22. The molecule has 4 N–H and O–H groups in total. The lowest BCUT2D eigenvalue weighted by molar-refractivity contribution is 0.738. The number of para-hydroxylation sites is 1. The summed E-state index contributed by atoms with van der Waals surface area (Å²) in [5.74, 6) is 0.548. The number of aromatic amines is 1. The van der Waals surface area contributed by atoms with Crippen LogP contribution in [0.5, 0.6) is 0 Å². The summed E-state index contributed by atoms with van der Waals surface area (Å²) < 4.78 is 0. The minimum Gasteiger partial charge on any atom is -0.383 e. The van der Waals surface area contributed by atoms with Gasteiger partial charge in [-0.2, -0.15) is 4.98 Å². The largest absolute Gasteiger partial charge is 0.383 e. The molecule has 0 spiro atoms. The summed E-state index contributed by atoms with van der Waals surface area (Å²) in [6.07, 6.45) is 1.84. The van der Waals surface area contributed by atoms with Gasteiger partial charge in [-0.15, -0.1) is 0 Å². The van der Waals surface area contributed by atoms with Gasteiger partial charge in [-0.25, -0.2) is 0 Å². The van der Waals surface area contributed by atoms with Crippen LogP contribution >= 0.6 is 12.2 Å². The van der Waals surface area contributed by atoms with E-state index < -0.39 is 0 Å². The smallest absolute Gasteiger partial charge is 0.264 e. The number of nitrogens with zero attached hydrogens (tertiary/aromatic N) is 2. The lowest BCUT2D eigenvalue weighted by Gasteiger charge is -2.23. The topological polar surface area (TPSA) is 87.0 Å². The van der Waals surface area contributed by atoms with Crippen LogP contribution in [0.4, 0.5) is 23.1 Å². The zero-order valence-corrected chi connectivity index (χ0v) is 17.2. The highest BCUT2D eigenvalue weighted by Crippen LogP contribution is 2.36. The first kappa shape index (κ1) is 19.1. The maximum Gasteiger partial charge on any atom is 0.264 e. The molecule has 1 aromatic heterocycles. The van der Waals surface area contributed by atoms with Gasteiger partial charge in [0.05, 0.1) is 0 Å². The Morgan fingerprint density at radius 1 is 1.28 bits per heavy atom. The van der Waals surface area contributed by atoms with E-state index in [1.807, 2.05) is 47.4 Å². The van der Waals surface area contributed by atoms with Crippen LogP contribution in [-0.2, 0) is 12.8 Å². The third-order valence-corrected chi connectivity index (χ3v) is 5.52. The van der Waals surface area contributed by atoms with E-state index in [0.29, 0.717) is 5.95 Å². The van der Waals surface area contributed by atoms with Crippen molar-refractivity contribution in [1.82, 2.24) is 9.97 Å². The van der Waals surface area contributed by atoms with Crippen molar-refractivity contribution >= 4 is 40.3 Å². The Morgan fingerprint density at radius 2 is 2.00 bits per heavy atom. The first-order chi connectivity index (χ1) is 14.0. The third kappa shape index (κ3) is 3.61. The summed E-state index contributed by atoms with van der Waals surface area (Å²) >= 11 is 5.44. The quantitative estimate of drug-likeness (QED) is 0.573. The van der Waals surface area contributed by atoms with Gasteiger partial charge in [0.25, 0.3) is 5.56 Å². The molecule has 148 valence electrons. The molecule has 0 amide bonds. The van der Waals surface area contributed by atoms with Crippen LogP contribution in [0.3, 0.4) is 0 Å². The zero-order valence-electron chi connectivity index (χ0n) is 16.4. The number of H-pyrrole nitrogens is 1. The highest BCUT2D eigenvalue weighted by molar-refractivity contribution is 7.81. The average Bonchev–Trinajstić information content (AvgIpc) is 3.03. The summed E-state index contributed by atoms with van der Waals surface area (Å²) in [5, 5.41) is 3.08. The van der Waals surface area contributed by atoms with Crippen molar-refractivity contribution in [3.8, 4) is 0 Å². The lowest BCUT2D eigenvalue weighted by atomic mass is 10.1. The monoisotopic (exact) mass is 405 g/mol. The van der Waals surface area contributed by atoms with Crippen LogP contribution in [-0.4, -0.2) is 21.0 Å². The highest BCUT2D eigenvalue weighted by Gasteiger charge is 2.29. The lowest BCUT2D eigenvalue weighted by Crippen LogP contribution is -2.31. The van der Waals surface area contributed by atoms with Crippen molar-refractivity contribution in [3.63, 3.8) is 0 Å². The van der Waals surface area contributed by atoms with Crippen LogP contribution in [0.15, 0.2) is 53.3 Å². The first-order valence-electron chi connectivity index (χ1n) is 9.65. The standard InChI is InChI=1S/C22H23N5OS/c1-3-14-8-10-16(11-9-14)24-21(29)18-19(23)25-22(26-20(18)28)27-13(2)12-15-6-4-5-7-17(15)27/h4-11,13H,3,12H2,1-2H3,(H,24,29)(H3,23,25,26,28)/t13-/m0/s1. The molecule has 1 aliphatic heterocycles. The van der Waals surface area contributed by atoms with Crippen molar-refractivity contribution in [2.75, 3.05) is 16.0 Å². The number of nitrogens with two attached hydrogens (primary N) is 1. The Bertz CT molecular complexity index is 1120. The molecule has 7 heteroatoms. The Labute approximate surface area is 174 Å². The number of aryl methyl sites for hydroxylation is 1. The molecule has 2 aromatic carbocycles. The number of rotatable bonds is 4. The summed E-state index contributed by atoms with van der Waals surface area (Å²) in [4.78, 5) is 22.4. The summed E-state index contributed by atoms with van der Waals surface area (Å²) in [6, 6.07) is 16.2. The molecule has 29 heavy (non-hydrogen) atoms. The minimum absolute atomic E-state index is 0.114. The second kappa shape index (κ2) is 7.67. The molecular formula is C22H23N5OS. The predicted octanol–water partition coefficient (Wildman–Crippen LogP) is 3.78. The number of anilines is 4. The number of benzene rings is 2. The first-order valence-corrected chi connectivity index (χ1v) is 10.1. The van der Waals surface area contributed by atoms with Gasteiger partial charge in [-0.05, 0) is 49.1 Å². The number of aromatic nitrogens is 2. The van der Waals surface area contributed by atoms with Crippen LogP contribution in [0, 0.1) is 0 Å². The SMILES string of the molecule is CCc1ccc(NC(=S)c2c(N)nc(N3c4ccccc4C[C@@H]3C)[nH]c2=O)cc1. The summed E-state index contributed by atoms with van der Waals surface area (Å²) in [6.45, 7) is 4.19. The molecule has 1 atom stereocenters. The van der Waals surface area contributed by atoms with E-state index in [0.717, 1.165) is 24.2 Å².